The molecule has 0 aliphatic rings. The van der Waals surface area contributed by atoms with Crippen molar-refractivity contribution < 1.29 is 52.8 Å². The van der Waals surface area contributed by atoms with Crippen molar-refractivity contribution in [2.75, 3.05) is 13.2 Å². The number of esters is 4. The fourth-order valence-electron chi connectivity index (χ4n) is 5.03. The third-order valence-corrected chi connectivity index (χ3v) is 8.00. The van der Waals surface area contributed by atoms with Crippen molar-refractivity contribution in [3.8, 4) is 11.5 Å². The zero-order chi connectivity index (χ0) is 41.9. The number of carbonyl (C=O) groups excluding carboxylic acids is 5. The molecular weight excluding hydrogens is 730 g/mol. The molecule has 0 aliphatic carbocycles. The van der Waals surface area contributed by atoms with Gasteiger partial charge in [0.25, 0.3) is 5.91 Å². The van der Waals surface area contributed by atoms with Crippen LogP contribution in [0.25, 0.3) is 0 Å². The van der Waals surface area contributed by atoms with Crippen molar-refractivity contribution in [3.05, 3.63) is 120 Å². The van der Waals surface area contributed by atoms with Gasteiger partial charge in [0.2, 0.25) is 0 Å². The Balaban J connectivity index is 1.97. The lowest BCUT2D eigenvalue weighted by molar-refractivity contribution is -0.153. The fraction of sp³-hybridized carbons (Fsp3) is 0.378. The molecule has 0 saturated carbocycles. The van der Waals surface area contributed by atoms with Crippen LogP contribution in [0.4, 0.5) is 0 Å². The van der Waals surface area contributed by atoms with Crippen LogP contribution in [-0.4, -0.2) is 60.1 Å². The van der Waals surface area contributed by atoms with Crippen molar-refractivity contribution in [2.45, 2.75) is 91.6 Å². The molecule has 12 heteroatoms. The predicted molar refractivity (Wildman–Crippen MR) is 217 cm³/mol. The second kappa shape index (κ2) is 26.7. The second-order valence-electron chi connectivity index (χ2n) is 13.4. The first-order chi connectivity index (χ1) is 27.4. The Hall–Kier alpha value is -6.04. The quantitative estimate of drug-likeness (QED) is 0.0428. The Labute approximate surface area is 335 Å². The highest BCUT2D eigenvalue weighted by Gasteiger charge is 2.40. The van der Waals surface area contributed by atoms with Crippen LogP contribution >= 0.6 is 0 Å². The second-order valence-corrected chi connectivity index (χ2v) is 13.4. The van der Waals surface area contributed by atoms with E-state index in [0.717, 1.165) is 32.1 Å². The van der Waals surface area contributed by atoms with Crippen molar-refractivity contribution in [3.63, 3.8) is 0 Å². The molecule has 0 aliphatic heterocycles. The molecule has 1 atom stereocenters. The molecule has 2 rings (SSSR count). The maximum Gasteiger partial charge on any atom is 0.347 e. The summed E-state index contributed by atoms with van der Waals surface area (Å²) in [7, 11) is 0. The maximum absolute atomic E-state index is 13.6. The van der Waals surface area contributed by atoms with E-state index < -0.39 is 47.3 Å². The Bertz CT molecular complexity index is 1780. The third-order valence-electron chi connectivity index (χ3n) is 8.00. The number of aliphatic carboxylic acids is 1. The number of unbranched alkanes of at least 4 members (excludes halogenated alkanes) is 1. The Morgan fingerprint density at radius 2 is 1.21 bits per heavy atom. The van der Waals surface area contributed by atoms with E-state index in [-0.39, 0.29) is 48.6 Å². The minimum Gasteiger partial charge on any atom is -0.481 e. The van der Waals surface area contributed by atoms with E-state index in [1.807, 2.05) is 12.2 Å². The lowest BCUT2D eigenvalue weighted by Gasteiger charge is -2.32. The molecule has 0 bridgehead atoms. The van der Waals surface area contributed by atoms with Crippen LogP contribution in [0.2, 0.25) is 0 Å². The molecule has 0 spiro atoms. The van der Waals surface area contributed by atoms with Gasteiger partial charge in [0.15, 0.2) is 6.10 Å². The zero-order valence-electron chi connectivity index (χ0n) is 33.3. The predicted octanol–water partition coefficient (Wildman–Crippen LogP) is 8.44. The van der Waals surface area contributed by atoms with Crippen LogP contribution in [0.5, 0.6) is 11.5 Å². The van der Waals surface area contributed by atoms with Crippen molar-refractivity contribution in [1.82, 2.24) is 5.32 Å². The highest BCUT2D eigenvalue weighted by atomic mass is 16.6. The summed E-state index contributed by atoms with van der Waals surface area (Å²) in [6, 6.07) is 11.6. The van der Waals surface area contributed by atoms with E-state index in [1.54, 1.807) is 26.0 Å². The number of allylic oxidation sites excluding steroid dienone is 10. The highest BCUT2D eigenvalue weighted by Crippen LogP contribution is 2.29. The van der Waals surface area contributed by atoms with Crippen LogP contribution in [0.3, 0.4) is 0 Å². The number of carbonyl (C=O) groups is 6. The highest BCUT2D eigenvalue weighted by molar-refractivity contribution is 5.99. The number of hydrogen-bond donors (Lipinski definition) is 2. The Kier molecular flexibility index (Phi) is 22.1. The number of para-hydroxylation sites is 2. The Morgan fingerprint density at radius 1 is 0.702 bits per heavy atom. The lowest BCUT2D eigenvalue weighted by Crippen LogP contribution is -2.49. The summed E-state index contributed by atoms with van der Waals surface area (Å²) < 4.78 is 21.8. The molecule has 0 saturated heterocycles. The Morgan fingerprint density at radius 3 is 1.75 bits per heavy atom. The molecule has 0 aromatic heterocycles. The minimum absolute atomic E-state index is 0.0429. The first-order valence-corrected chi connectivity index (χ1v) is 19.0. The number of rotatable bonds is 25. The number of benzene rings is 2. The topological polar surface area (TPSA) is 172 Å². The molecule has 0 radical (unpaired) electrons. The number of amides is 1. The van der Waals surface area contributed by atoms with E-state index in [0.29, 0.717) is 12.8 Å². The molecule has 57 heavy (non-hydrogen) atoms. The van der Waals surface area contributed by atoms with E-state index in [2.05, 4.69) is 60.8 Å². The molecule has 0 fully saturated rings. The van der Waals surface area contributed by atoms with Gasteiger partial charge in [-0.15, -0.1) is 0 Å². The van der Waals surface area contributed by atoms with Gasteiger partial charge in [-0.1, -0.05) is 106 Å². The first kappa shape index (κ1) is 47.1. The first-order valence-electron chi connectivity index (χ1n) is 19.0. The molecule has 306 valence electrons. The number of hydrogen-bond acceptors (Lipinski definition) is 10. The van der Waals surface area contributed by atoms with Gasteiger partial charge in [-0.3, -0.25) is 19.2 Å². The van der Waals surface area contributed by atoms with Crippen molar-refractivity contribution in [1.29, 1.82) is 0 Å². The van der Waals surface area contributed by atoms with Crippen LogP contribution in [-0.2, 0) is 28.7 Å². The van der Waals surface area contributed by atoms with E-state index >= 15 is 0 Å². The van der Waals surface area contributed by atoms with Crippen LogP contribution in [0, 0.1) is 5.41 Å². The van der Waals surface area contributed by atoms with Gasteiger partial charge in [0.05, 0.1) is 6.42 Å². The molecule has 2 aromatic carbocycles. The number of nitrogens with one attached hydrogen (secondary N) is 1. The van der Waals surface area contributed by atoms with Gasteiger partial charge >= 0.3 is 29.8 Å². The van der Waals surface area contributed by atoms with Crippen LogP contribution < -0.4 is 14.8 Å². The number of ether oxygens (including phenoxy) is 4. The van der Waals surface area contributed by atoms with E-state index in [4.69, 9.17) is 24.1 Å². The molecular formula is C45H55NO11. The van der Waals surface area contributed by atoms with Gasteiger partial charge in [-0.25, -0.2) is 9.59 Å². The van der Waals surface area contributed by atoms with Crippen molar-refractivity contribution >= 4 is 35.8 Å². The average Bonchev–Trinajstić information content (AvgIpc) is 3.17. The van der Waals surface area contributed by atoms with Crippen molar-refractivity contribution in [2.24, 2.45) is 5.41 Å². The number of carboxylic acid groups (broad SMARTS) is 1. The molecule has 2 aromatic rings. The normalized spacial score (nSPS) is 12.4. The summed E-state index contributed by atoms with van der Waals surface area (Å²) >= 11 is 0. The molecule has 1 unspecified atom stereocenters. The smallest absolute Gasteiger partial charge is 0.347 e. The average molecular weight is 786 g/mol. The molecule has 1 amide bonds. The lowest BCUT2D eigenvalue weighted by atomic mass is 9.86. The summed E-state index contributed by atoms with van der Waals surface area (Å²) in [5.41, 5.74) is -1.56. The van der Waals surface area contributed by atoms with E-state index in [9.17, 15) is 28.8 Å². The summed E-state index contributed by atoms with van der Waals surface area (Å²) in [6.45, 7) is 5.87. The zero-order valence-corrected chi connectivity index (χ0v) is 33.3. The molecule has 0 heterocycles. The summed E-state index contributed by atoms with van der Waals surface area (Å²) in [6.07, 6.45) is 25.1. The summed E-state index contributed by atoms with van der Waals surface area (Å²) in [5, 5.41) is 11.5. The monoisotopic (exact) mass is 785 g/mol. The molecule has 2 N–H and O–H groups in total. The maximum atomic E-state index is 13.6. The summed E-state index contributed by atoms with van der Waals surface area (Å²) in [5.74, 6) is -5.32. The third kappa shape index (κ3) is 19.4. The van der Waals surface area contributed by atoms with Gasteiger partial charge in [0.1, 0.15) is 29.2 Å². The van der Waals surface area contributed by atoms with Crippen LogP contribution in [0.1, 0.15) is 106 Å². The van der Waals surface area contributed by atoms with Gasteiger partial charge in [-0.2, -0.15) is 0 Å². The number of carboxylic acids is 1. The van der Waals surface area contributed by atoms with Gasteiger partial charge in [0, 0.05) is 25.3 Å². The summed E-state index contributed by atoms with van der Waals surface area (Å²) in [4.78, 5) is 75.3. The SMILES string of the molecule is CCC=CCC=CCC=CCC=CCC=CCCCC(=O)OCC(C)(C)C(OC(=O)c1ccccc1OC(=O)c1ccccc1OC(C)=O)C(=O)NCCC(=O)O. The van der Waals surface area contributed by atoms with E-state index in [1.165, 1.54) is 43.3 Å². The molecule has 12 nitrogen and oxygen atoms in total. The minimum atomic E-state index is -1.55. The standard InChI is InChI=1S/C45H55NO11/c1-5-6-7-8-9-10-11-12-13-14-15-16-17-18-19-20-21-30-40(50)54-33-45(3,4)41(42(51)46-32-31-39(48)49)57-44(53)36-27-23-25-29-38(36)56-43(52)35-26-22-24-28-37(35)55-34(2)47/h6-7,9-10,12-13,15-16,18-19,22-29,41H,5,8,11,14,17,20-21,30-33H2,1-4H3,(H,46,51)(H,48,49). The van der Waals surface area contributed by atoms with Gasteiger partial charge < -0.3 is 29.4 Å². The van der Waals surface area contributed by atoms with Gasteiger partial charge in [-0.05, 0) is 69.2 Å². The van der Waals surface area contributed by atoms with Crippen LogP contribution in [0.15, 0.2) is 109 Å². The largest absolute Gasteiger partial charge is 0.481 e. The fourth-order valence-corrected chi connectivity index (χ4v) is 5.03.